The minimum Gasteiger partial charge on any atom is -0.493 e. The molecule has 3 rings (SSSR count). The first-order valence-corrected chi connectivity index (χ1v) is 11.0. The van der Waals surface area contributed by atoms with E-state index in [-0.39, 0.29) is 17.4 Å². The number of carbonyl (C=O) groups is 1. The van der Waals surface area contributed by atoms with Gasteiger partial charge in [0.25, 0.3) is 0 Å². The number of rotatable bonds is 6. The number of nitrogens with one attached hydrogen (secondary N) is 2. The molecule has 8 nitrogen and oxygen atoms in total. The van der Waals surface area contributed by atoms with Crippen molar-refractivity contribution in [1.82, 2.24) is 10.3 Å². The normalized spacial score (nSPS) is 18.1. The largest absolute Gasteiger partial charge is 0.493 e. The molecule has 2 amide bonds. The molecule has 1 aliphatic rings. The third-order valence-electron chi connectivity index (χ3n) is 4.28. The van der Waals surface area contributed by atoms with E-state index in [0.717, 1.165) is 5.56 Å². The molecule has 1 aromatic heterocycles. The zero-order valence-corrected chi connectivity index (χ0v) is 16.7. The van der Waals surface area contributed by atoms with Gasteiger partial charge in [0.1, 0.15) is 0 Å². The van der Waals surface area contributed by atoms with E-state index in [4.69, 9.17) is 9.47 Å². The molecule has 146 valence electrons. The molecule has 2 aromatic rings. The number of hydrogen-bond acceptors (Lipinski definition) is 7. The minimum absolute atomic E-state index is 0.0284. The lowest BCUT2D eigenvalue weighted by Crippen LogP contribution is -2.33. The van der Waals surface area contributed by atoms with Crippen LogP contribution in [0.15, 0.2) is 23.6 Å². The molecule has 0 unspecified atom stereocenters. The Labute approximate surface area is 161 Å². The smallest absolute Gasteiger partial charge is 0.321 e. The van der Waals surface area contributed by atoms with E-state index in [2.05, 4.69) is 15.6 Å². The highest BCUT2D eigenvalue weighted by molar-refractivity contribution is 7.91. The summed E-state index contributed by atoms with van der Waals surface area (Å²) in [6, 6.07) is 5.08. The number of benzene rings is 1. The summed E-state index contributed by atoms with van der Waals surface area (Å²) >= 11 is 1.30. The van der Waals surface area contributed by atoms with Crippen LogP contribution in [0.25, 0.3) is 11.3 Å². The van der Waals surface area contributed by atoms with Crippen molar-refractivity contribution >= 4 is 32.3 Å². The number of methoxy groups -OCH3 is 2. The molecule has 2 N–H and O–H groups in total. The second-order valence-electron chi connectivity index (χ2n) is 6.21. The highest BCUT2D eigenvalue weighted by Gasteiger charge is 2.27. The van der Waals surface area contributed by atoms with Gasteiger partial charge in [0, 0.05) is 17.5 Å². The Balaban J connectivity index is 1.58. The van der Waals surface area contributed by atoms with Crippen LogP contribution < -0.4 is 20.1 Å². The molecule has 10 heteroatoms. The maximum Gasteiger partial charge on any atom is 0.321 e. The first-order valence-electron chi connectivity index (χ1n) is 8.33. The van der Waals surface area contributed by atoms with Crippen LogP contribution in [0, 0.1) is 5.92 Å². The maximum absolute atomic E-state index is 12.0. The van der Waals surface area contributed by atoms with E-state index >= 15 is 0 Å². The third-order valence-corrected chi connectivity index (χ3v) is 6.88. The fraction of sp³-hybridized carbons (Fsp3) is 0.412. The van der Waals surface area contributed by atoms with Crippen molar-refractivity contribution in [3.05, 3.63) is 23.6 Å². The fourth-order valence-corrected chi connectivity index (χ4v) is 5.45. The standard InChI is InChI=1S/C17H21N3O5S2/c1-24-14-4-3-12(7-15(14)25-2)13-9-26-17(19-13)20-16(21)18-8-11-5-6-27(22,23)10-11/h3-4,7,9,11H,5-6,8,10H2,1-2H3,(H2,18,19,20,21)/t11-/m0/s1. The second-order valence-corrected chi connectivity index (χ2v) is 9.30. The number of urea groups is 1. The van der Waals surface area contributed by atoms with E-state index in [1.807, 2.05) is 17.5 Å². The highest BCUT2D eigenvalue weighted by atomic mass is 32.2. The molecule has 0 bridgehead atoms. The summed E-state index contributed by atoms with van der Waals surface area (Å²) in [5.74, 6) is 1.53. The van der Waals surface area contributed by atoms with Crippen LogP contribution in [0.5, 0.6) is 11.5 Å². The number of nitrogens with zero attached hydrogens (tertiary/aromatic N) is 1. The van der Waals surface area contributed by atoms with E-state index in [1.54, 1.807) is 20.3 Å². The van der Waals surface area contributed by atoms with Crippen LogP contribution >= 0.6 is 11.3 Å². The fourth-order valence-electron chi connectivity index (χ4n) is 2.87. The molecule has 2 heterocycles. The average molecular weight is 412 g/mol. The van der Waals surface area contributed by atoms with Crippen molar-refractivity contribution in [3.8, 4) is 22.8 Å². The van der Waals surface area contributed by atoms with Gasteiger partial charge in [-0.15, -0.1) is 11.3 Å². The van der Waals surface area contributed by atoms with Gasteiger partial charge in [-0.05, 0) is 30.5 Å². The Morgan fingerprint density at radius 1 is 1.30 bits per heavy atom. The van der Waals surface area contributed by atoms with Crippen molar-refractivity contribution in [2.45, 2.75) is 6.42 Å². The Morgan fingerprint density at radius 2 is 2.07 bits per heavy atom. The van der Waals surface area contributed by atoms with Gasteiger partial charge in [-0.3, -0.25) is 5.32 Å². The van der Waals surface area contributed by atoms with E-state index < -0.39 is 15.9 Å². The molecule has 0 aliphatic carbocycles. The maximum atomic E-state index is 12.0. The van der Waals surface area contributed by atoms with Gasteiger partial charge in [-0.25, -0.2) is 18.2 Å². The topological polar surface area (TPSA) is 107 Å². The number of carbonyl (C=O) groups excluding carboxylic acids is 1. The lowest BCUT2D eigenvalue weighted by molar-refractivity contribution is 0.250. The molecule has 27 heavy (non-hydrogen) atoms. The molecule has 1 fully saturated rings. The number of amides is 2. The summed E-state index contributed by atoms with van der Waals surface area (Å²) in [6.07, 6.45) is 0.587. The number of sulfone groups is 1. The van der Waals surface area contributed by atoms with Crippen LogP contribution in [-0.4, -0.2) is 51.7 Å². The summed E-state index contributed by atoms with van der Waals surface area (Å²) in [7, 11) is 0.195. The molecule has 0 spiro atoms. The Kier molecular flexibility index (Phi) is 5.85. The number of ether oxygens (including phenoxy) is 2. The van der Waals surface area contributed by atoms with Crippen LogP contribution in [0.1, 0.15) is 6.42 Å². The quantitative estimate of drug-likeness (QED) is 0.756. The van der Waals surface area contributed by atoms with Crippen molar-refractivity contribution in [3.63, 3.8) is 0 Å². The van der Waals surface area contributed by atoms with Gasteiger partial charge < -0.3 is 14.8 Å². The molecule has 1 aliphatic heterocycles. The van der Waals surface area contributed by atoms with Gasteiger partial charge in [0.05, 0.1) is 31.4 Å². The number of hydrogen-bond donors (Lipinski definition) is 2. The first-order chi connectivity index (χ1) is 12.9. The third kappa shape index (κ3) is 4.89. The Morgan fingerprint density at radius 3 is 2.74 bits per heavy atom. The van der Waals surface area contributed by atoms with Crippen molar-refractivity contribution in [2.75, 3.05) is 37.6 Å². The molecule has 1 aromatic carbocycles. The highest BCUT2D eigenvalue weighted by Crippen LogP contribution is 2.33. The predicted molar refractivity (Wildman–Crippen MR) is 104 cm³/mol. The molecule has 1 saturated heterocycles. The number of aromatic nitrogens is 1. The summed E-state index contributed by atoms with van der Waals surface area (Å²) < 4.78 is 33.4. The summed E-state index contributed by atoms with van der Waals surface area (Å²) in [5, 5.41) is 7.68. The minimum atomic E-state index is -2.94. The zero-order valence-electron chi connectivity index (χ0n) is 15.0. The van der Waals surface area contributed by atoms with Crippen molar-refractivity contribution < 1.29 is 22.7 Å². The van der Waals surface area contributed by atoms with Gasteiger partial charge in [0.15, 0.2) is 26.5 Å². The monoisotopic (exact) mass is 411 g/mol. The molecular weight excluding hydrogens is 390 g/mol. The van der Waals surface area contributed by atoms with E-state index in [1.165, 1.54) is 11.3 Å². The first kappa shape index (κ1) is 19.4. The van der Waals surface area contributed by atoms with Crippen LogP contribution in [0.3, 0.4) is 0 Å². The molecule has 0 saturated carbocycles. The number of thiazole rings is 1. The van der Waals surface area contributed by atoms with Gasteiger partial charge in [0.2, 0.25) is 0 Å². The van der Waals surface area contributed by atoms with Crippen molar-refractivity contribution in [2.24, 2.45) is 5.92 Å². The average Bonchev–Trinajstić information content (AvgIpc) is 3.25. The van der Waals surface area contributed by atoms with E-state index in [0.29, 0.717) is 35.3 Å². The van der Waals surface area contributed by atoms with Crippen LogP contribution in [0.4, 0.5) is 9.93 Å². The predicted octanol–water partition coefficient (Wildman–Crippen LogP) is 2.38. The van der Waals surface area contributed by atoms with Gasteiger partial charge >= 0.3 is 6.03 Å². The molecule has 0 radical (unpaired) electrons. The lowest BCUT2D eigenvalue weighted by atomic mass is 10.1. The molecule has 1 atom stereocenters. The van der Waals surface area contributed by atoms with E-state index in [9.17, 15) is 13.2 Å². The summed E-state index contributed by atoms with van der Waals surface area (Å²) in [6.45, 7) is 0.332. The SMILES string of the molecule is COc1ccc(-c2csc(NC(=O)NC[C@@H]3CCS(=O)(=O)C3)n2)cc1OC. The van der Waals surface area contributed by atoms with Crippen LogP contribution in [0.2, 0.25) is 0 Å². The Hall–Kier alpha value is -2.33. The van der Waals surface area contributed by atoms with Crippen molar-refractivity contribution in [1.29, 1.82) is 0 Å². The van der Waals surface area contributed by atoms with Crippen LogP contribution in [-0.2, 0) is 9.84 Å². The van der Waals surface area contributed by atoms with Gasteiger partial charge in [-0.1, -0.05) is 0 Å². The lowest BCUT2D eigenvalue weighted by Gasteiger charge is -2.09. The number of anilines is 1. The Bertz CT molecular complexity index is 926. The second kappa shape index (κ2) is 8.13. The zero-order chi connectivity index (χ0) is 19.4. The summed E-state index contributed by atoms with van der Waals surface area (Å²) in [5.41, 5.74) is 1.55. The molecular formula is C17H21N3O5S2. The summed E-state index contributed by atoms with van der Waals surface area (Å²) in [4.78, 5) is 16.4. The van der Waals surface area contributed by atoms with Gasteiger partial charge in [-0.2, -0.15) is 0 Å².